The SMILES string of the molecule is C=C(c1ccc(F)cc1F)C1CCNCC1. The summed E-state index contributed by atoms with van der Waals surface area (Å²) in [5.41, 5.74) is 1.24. The van der Waals surface area contributed by atoms with Crippen molar-refractivity contribution in [3.63, 3.8) is 0 Å². The standard InChI is InChI=1S/C13H15F2N/c1-9(10-4-6-16-7-5-10)12-3-2-11(14)8-13(12)15/h2-3,8,10,16H,1,4-7H2. The summed E-state index contributed by atoms with van der Waals surface area (Å²) >= 11 is 0. The van der Waals surface area contributed by atoms with Crippen LogP contribution in [0.5, 0.6) is 0 Å². The van der Waals surface area contributed by atoms with Crippen LogP contribution >= 0.6 is 0 Å². The van der Waals surface area contributed by atoms with Crippen molar-refractivity contribution in [2.24, 2.45) is 5.92 Å². The predicted molar refractivity (Wildman–Crippen MR) is 61.0 cm³/mol. The van der Waals surface area contributed by atoms with Crippen LogP contribution in [-0.2, 0) is 0 Å². The lowest BCUT2D eigenvalue weighted by Gasteiger charge is -2.25. The van der Waals surface area contributed by atoms with Gasteiger partial charge in [-0.2, -0.15) is 0 Å². The van der Waals surface area contributed by atoms with Crippen molar-refractivity contribution >= 4 is 5.57 Å². The van der Waals surface area contributed by atoms with Crippen molar-refractivity contribution in [3.05, 3.63) is 42.0 Å². The molecule has 1 aromatic rings. The molecule has 1 saturated heterocycles. The molecule has 0 aliphatic carbocycles. The number of hydrogen-bond donors (Lipinski definition) is 1. The highest BCUT2D eigenvalue weighted by Gasteiger charge is 2.19. The zero-order valence-corrected chi connectivity index (χ0v) is 9.10. The highest BCUT2D eigenvalue weighted by Crippen LogP contribution is 2.30. The van der Waals surface area contributed by atoms with E-state index in [1.807, 2.05) is 0 Å². The highest BCUT2D eigenvalue weighted by molar-refractivity contribution is 5.65. The van der Waals surface area contributed by atoms with Crippen molar-refractivity contribution in [2.75, 3.05) is 13.1 Å². The fraction of sp³-hybridized carbons (Fsp3) is 0.385. The molecule has 0 saturated carbocycles. The molecular formula is C13H15F2N. The summed E-state index contributed by atoms with van der Waals surface area (Å²) in [6.07, 6.45) is 1.94. The minimum absolute atomic E-state index is 0.307. The van der Waals surface area contributed by atoms with Gasteiger partial charge in [-0.15, -0.1) is 0 Å². The molecule has 0 radical (unpaired) electrons. The van der Waals surface area contributed by atoms with E-state index in [0.29, 0.717) is 11.5 Å². The minimum atomic E-state index is -0.542. The third kappa shape index (κ3) is 2.30. The van der Waals surface area contributed by atoms with Crippen molar-refractivity contribution in [1.82, 2.24) is 5.32 Å². The molecule has 86 valence electrons. The molecule has 0 atom stereocenters. The van der Waals surface area contributed by atoms with E-state index in [1.165, 1.54) is 12.1 Å². The Labute approximate surface area is 94.2 Å². The van der Waals surface area contributed by atoms with Crippen LogP contribution in [-0.4, -0.2) is 13.1 Å². The first-order chi connectivity index (χ1) is 7.68. The van der Waals surface area contributed by atoms with Crippen LogP contribution in [0.4, 0.5) is 8.78 Å². The lowest BCUT2D eigenvalue weighted by Crippen LogP contribution is -2.28. The molecule has 1 aromatic carbocycles. The van der Waals surface area contributed by atoms with E-state index in [0.717, 1.165) is 37.6 Å². The third-order valence-corrected chi connectivity index (χ3v) is 3.11. The van der Waals surface area contributed by atoms with Gasteiger partial charge in [0, 0.05) is 11.6 Å². The second-order valence-corrected chi connectivity index (χ2v) is 4.17. The number of hydrogen-bond acceptors (Lipinski definition) is 1. The van der Waals surface area contributed by atoms with E-state index >= 15 is 0 Å². The maximum absolute atomic E-state index is 13.5. The smallest absolute Gasteiger partial charge is 0.133 e. The van der Waals surface area contributed by atoms with Crippen molar-refractivity contribution in [3.8, 4) is 0 Å². The van der Waals surface area contributed by atoms with Gasteiger partial charge in [-0.25, -0.2) is 8.78 Å². The molecule has 0 amide bonds. The third-order valence-electron chi connectivity index (χ3n) is 3.11. The molecule has 2 rings (SSSR count). The molecule has 0 bridgehead atoms. The van der Waals surface area contributed by atoms with Crippen molar-refractivity contribution in [2.45, 2.75) is 12.8 Å². The zero-order valence-electron chi connectivity index (χ0n) is 9.10. The Morgan fingerprint density at radius 2 is 1.94 bits per heavy atom. The molecule has 3 heteroatoms. The maximum Gasteiger partial charge on any atom is 0.133 e. The van der Waals surface area contributed by atoms with Gasteiger partial charge in [-0.1, -0.05) is 6.58 Å². The quantitative estimate of drug-likeness (QED) is 0.812. The first kappa shape index (κ1) is 11.3. The van der Waals surface area contributed by atoms with Gasteiger partial charge in [-0.3, -0.25) is 0 Å². The maximum atomic E-state index is 13.5. The number of benzene rings is 1. The largest absolute Gasteiger partial charge is 0.317 e. The summed E-state index contributed by atoms with van der Waals surface area (Å²) in [6, 6.07) is 3.68. The van der Waals surface area contributed by atoms with E-state index in [1.54, 1.807) is 0 Å². The summed E-state index contributed by atoms with van der Waals surface area (Å²) in [7, 11) is 0. The second kappa shape index (κ2) is 4.74. The first-order valence-electron chi connectivity index (χ1n) is 5.53. The van der Waals surface area contributed by atoms with Crippen molar-refractivity contribution < 1.29 is 8.78 Å². The lowest BCUT2D eigenvalue weighted by atomic mass is 9.86. The number of nitrogens with one attached hydrogen (secondary N) is 1. The molecule has 1 fully saturated rings. The molecule has 0 aromatic heterocycles. The summed E-state index contributed by atoms with van der Waals surface area (Å²) in [4.78, 5) is 0. The number of halogens is 2. The first-order valence-corrected chi connectivity index (χ1v) is 5.53. The Bertz CT molecular complexity index is 395. The fourth-order valence-corrected chi connectivity index (χ4v) is 2.14. The summed E-state index contributed by atoms with van der Waals surface area (Å²) < 4.78 is 26.3. The highest BCUT2D eigenvalue weighted by atomic mass is 19.1. The fourth-order valence-electron chi connectivity index (χ4n) is 2.14. The van der Waals surface area contributed by atoms with Crippen molar-refractivity contribution in [1.29, 1.82) is 0 Å². The van der Waals surface area contributed by atoms with Gasteiger partial charge in [0.15, 0.2) is 0 Å². The molecule has 0 unspecified atom stereocenters. The topological polar surface area (TPSA) is 12.0 Å². The Hall–Kier alpha value is -1.22. The van der Waals surface area contributed by atoms with E-state index in [4.69, 9.17) is 0 Å². The van der Waals surface area contributed by atoms with Crippen LogP contribution < -0.4 is 5.32 Å². The van der Waals surface area contributed by atoms with Gasteiger partial charge in [0.05, 0.1) is 0 Å². The number of allylic oxidation sites excluding steroid dienone is 1. The van der Waals surface area contributed by atoms with Gasteiger partial charge in [0.25, 0.3) is 0 Å². The second-order valence-electron chi connectivity index (χ2n) is 4.17. The van der Waals surface area contributed by atoms with Gasteiger partial charge < -0.3 is 5.32 Å². The molecule has 0 spiro atoms. The molecular weight excluding hydrogens is 208 g/mol. The van der Waals surface area contributed by atoms with Crippen LogP contribution in [0.1, 0.15) is 18.4 Å². The molecule has 1 nitrogen and oxygen atoms in total. The van der Waals surface area contributed by atoms with Crippen LogP contribution in [0.2, 0.25) is 0 Å². The summed E-state index contributed by atoms with van der Waals surface area (Å²) in [5, 5.41) is 3.25. The van der Waals surface area contributed by atoms with Gasteiger partial charge in [0.2, 0.25) is 0 Å². The van der Waals surface area contributed by atoms with Gasteiger partial charge >= 0.3 is 0 Å². The monoisotopic (exact) mass is 223 g/mol. The summed E-state index contributed by atoms with van der Waals surface area (Å²) in [6.45, 7) is 5.82. The Balaban J connectivity index is 2.19. The van der Waals surface area contributed by atoms with Gasteiger partial charge in [0.1, 0.15) is 11.6 Å². The minimum Gasteiger partial charge on any atom is -0.317 e. The summed E-state index contributed by atoms with van der Waals surface area (Å²) in [5.74, 6) is -0.746. The average molecular weight is 223 g/mol. The Morgan fingerprint density at radius 3 is 2.56 bits per heavy atom. The number of rotatable bonds is 2. The normalized spacial score (nSPS) is 17.4. The van der Waals surface area contributed by atoms with Crippen LogP contribution in [0.3, 0.4) is 0 Å². The molecule has 1 N–H and O–H groups in total. The van der Waals surface area contributed by atoms with E-state index in [9.17, 15) is 8.78 Å². The van der Waals surface area contributed by atoms with Crippen LogP contribution in [0.25, 0.3) is 5.57 Å². The lowest BCUT2D eigenvalue weighted by molar-refractivity contribution is 0.445. The molecule has 1 aliphatic rings. The molecule has 1 heterocycles. The molecule has 16 heavy (non-hydrogen) atoms. The van der Waals surface area contributed by atoms with E-state index in [2.05, 4.69) is 11.9 Å². The van der Waals surface area contributed by atoms with Crippen LogP contribution in [0, 0.1) is 17.6 Å². The Morgan fingerprint density at radius 1 is 1.25 bits per heavy atom. The molecule has 1 aliphatic heterocycles. The average Bonchev–Trinajstić information content (AvgIpc) is 2.29. The number of piperidine rings is 1. The van der Waals surface area contributed by atoms with E-state index in [-0.39, 0.29) is 0 Å². The Kier molecular flexibility index (Phi) is 3.34. The van der Waals surface area contributed by atoms with Crippen LogP contribution in [0.15, 0.2) is 24.8 Å². The zero-order chi connectivity index (χ0) is 11.5. The predicted octanol–water partition coefficient (Wildman–Crippen LogP) is 2.98. The van der Waals surface area contributed by atoms with E-state index < -0.39 is 11.6 Å². The van der Waals surface area contributed by atoms with Gasteiger partial charge in [-0.05, 0) is 49.6 Å².